The number of amides is 1. The Morgan fingerprint density at radius 3 is 2.44 bits per heavy atom. The second-order valence-electron chi connectivity index (χ2n) is 11.2. The van der Waals surface area contributed by atoms with E-state index in [1.807, 2.05) is 36.4 Å². The molecule has 1 amide bonds. The standard InChI is InChI=1S/C36H36Cl2N2O3/c1-39(2)34(41)8-5-18-40-19-17-25(23-40)20-24-9-11-26(12-10-24)35-30-15-13-28(36(42)43-3)21-27(30)6-4-7-32(35)31-16-14-29(37)22-33(31)38/h5,8-16,20-22H,4,6-7,17-19,23H2,1-3H3/b8-5+,25-20-. The van der Waals surface area contributed by atoms with Gasteiger partial charge in [0.15, 0.2) is 0 Å². The molecule has 0 atom stereocenters. The summed E-state index contributed by atoms with van der Waals surface area (Å²) in [6.07, 6.45) is 9.48. The van der Waals surface area contributed by atoms with E-state index in [-0.39, 0.29) is 11.9 Å². The molecule has 3 aromatic rings. The molecule has 5 rings (SSSR count). The van der Waals surface area contributed by atoms with Crippen LogP contribution in [0.3, 0.4) is 0 Å². The number of carbonyl (C=O) groups excluding carboxylic acids is 2. The Hall–Kier alpha value is -3.64. The van der Waals surface area contributed by atoms with Gasteiger partial charge in [-0.1, -0.05) is 77.3 Å². The monoisotopic (exact) mass is 614 g/mol. The van der Waals surface area contributed by atoms with Gasteiger partial charge in [-0.15, -0.1) is 0 Å². The number of fused-ring (bicyclic) bond motifs is 1. The highest BCUT2D eigenvalue weighted by Gasteiger charge is 2.23. The first-order valence-corrected chi connectivity index (χ1v) is 15.3. The molecule has 0 radical (unpaired) electrons. The molecule has 43 heavy (non-hydrogen) atoms. The number of rotatable bonds is 7. The molecule has 1 aliphatic carbocycles. The molecule has 0 spiro atoms. The fourth-order valence-electron chi connectivity index (χ4n) is 5.82. The van der Waals surface area contributed by atoms with Crippen LogP contribution in [0, 0.1) is 0 Å². The topological polar surface area (TPSA) is 49.9 Å². The number of hydrogen-bond acceptors (Lipinski definition) is 4. The van der Waals surface area contributed by atoms with Crippen LogP contribution in [-0.2, 0) is 16.0 Å². The van der Waals surface area contributed by atoms with Gasteiger partial charge >= 0.3 is 5.97 Å². The molecule has 2 aliphatic rings. The molecule has 0 aromatic heterocycles. The number of allylic oxidation sites excluding steroid dienone is 1. The average molecular weight is 616 g/mol. The third kappa shape index (κ3) is 7.30. The minimum absolute atomic E-state index is 0.00635. The van der Waals surface area contributed by atoms with Crippen LogP contribution in [-0.4, -0.2) is 62.5 Å². The molecular formula is C36H36Cl2N2O3. The highest BCUT2D eigenvalue weighted by molar-refractivity contribution is 6.36. The van der Waals surface area contributed by atoms with E-state index in [2.05, 4.69) is 35.2 Å². The smallest absolute Gasteiger partial charge is 0.337 e. The molecule has 222 valence electrons. The molecule has 1 fully saturated rings. The van der Waals surface area contributed by atoms with Crippen molar-refractivity contribution in [3.63, 3.8) is 0 Å². The van der Waals surface area contributed by atoms with Crippen molar-refractivity contribution in [2.45, 2.75) is 25.7 Å². The maximum atomic E-state index is 12.3. The zero-order chi connectivity index (χ0) is 30.5. The summed E-state index contributed by atoms with van der Waals surface area (Å²) in [6.45, 7) is 2.63. The third-order valence-corrected chi connectivity index (χ3v) is 8.59. The second kappa shape index (κ2) is 13.8. The quantitative estimate of drug-likeness (QED) is 0.201. The van der Waals surface area contributed by atoms with Gasteiger partial charge in [0.1, 0.15) is 0 Å². The average Bonchev–Trinajstić information content (AvgIpc) is 3.35. The van der Waals surface area contributed by atoms with Crippen molar-refractivity contribution in [1.29, 1.82) is 0 Å². The van der Waals surface area contributed by atoms with E-state index in [9.17, 15) is 9.59 Å². The first-order chi connectivity index (χ1) is 20.7. The Balaban J connectivity index is 1.46. The molecule has 5 nitrogen and oxygen atoms in total. The van der Waals surface area contributed by atoms with E-state index in [1.165, 1.54) is 18.3 Å². The van der Waals surface area contributed by atoms with Gasteiger partial charge in [-0.3, -0.25) is 9.69 Å². The Morgan fingerprint density at radius 2 is 1.72 bits per heavy atom. The van der Waals surface area contributed by atoms with Gasteiger partial charge < -0.3 is 9.64 Å². The van der Waals surface area contributed by atoms with Gasteiger partial charge in [0.25, 0.3) is 0 Å². The number of carbonyl (C=O) groups is 2. The number of esters is 1. The SMILES string of the molecule is COC(=O)c1ccc2c(c1)CCCC(c1ccc(Cl)cc1Cl)=C2c1ccc(/C=C2/CCN(C/C=C/C(=O)N(C)C)C2)cc1. The Kier molecular flexibility index (Phi) is 9.86. The summed E-state index contributed by atoms with van der Waals surface area (Å²) >= 11 is 13.0. The lowest BCUT2D eigenvalue weighted by atomic mass is 9.87. The van der Waals surface area contributed by atoms with E-state index >= 15 is 0 Å². The van der Waals surface area contributed by atoms with Crippen LogP contribution in [0.15, 0.2) is 78.4 Å². The molecule has 1 heterocycles. The Bertz CT molecular complexity index is 1620. The molecule has 1 saturated heterocycles. The van der Waals surface area contributed by atoms with Gasteiger partial charge in [-0.05, 0) is 88.9 Å². The normalized spacial score (nSPS) is 16.4. The first-order valence-electron chi connectivity index (χ1n) is 14.5. The van der Waals surface area contributed by atoms with Crippen molar-refractivity contribution in [2.75, 3.05) is 40.8 Å². The number of methoxy groups -OCH3 is 1. The highest BCUT2D eigenvalue weighted by atomic mass is 35.5. The van der Waals surface area contributed by atoms with Crippen LogP contribution in [0.5, 0.6) is 0 Å². The van der Waals surface area contributed by atoms with E-state index in [4.69, 9.17) is 27.9 Å². The summed E-state index contributed by atoms with van der Waals surface area (Å²) < 4.78 is 4.99. The molecule has 0 unspecified atom stereocenters. The van der Waals surface area contributed by atoms with Crippen LogP contribution in [0.25, 0.3) is 17.2 Å². The predicted octanol–water partition coefficient (Wildman–Crippen LogP) is 7.81. The predicted molar refractivity (Wildman–Crippen MR) is 176 cm³/mol. The van der Waals surface area contributed by atoms with Crippen molar-refractivity contribution >= 4 is 52.3 Å². The van der Waals surface area contributed by atoms with Crippen LogP contribution < -0.4 is 0 Å². The molecule has 0 N–H and O–H groups in total. The second-order valence-corrected chi connectivity index (χ2v) is 12.1. The summed E-state index contributed by atoms with van der Waals surface area (Å²) in [5, 5.41) is 1.23. The number of benzene rings is 3. The Labute approximate surface area is 264 Å². The number of halogens is 2. The van der Waals surface area contributed by atoms with Crippen LogP contribution in [0.1, 0.15) is 57.4 Å². The lowest BCUT2D eigenvalue weighted by Crippen LogP contribution is -2.21. The number of likely N-dealkylation sites (tertiary alicyclic amines) is 1. The molecule has 7 heteroatoms. The minimum Gasteiger partial charge on any atom is -0.465 e. The first kappa shape index (κ1) is 30.8. The fraction of sp³-hybridized carbons (Fsp3) is 0.278. The van der Waals surface area contributed by atoms with Gasteiger partial charge in [0, 0.05) is 49.9 Å². The third-order valence-electron chi connectivity index (χ3n) is 8.04. The summed E-state index contributed by atoms with van der Waals surface area (Å²) in [4.78, 5) is 28.0. The number of ether oxygens (including phenoxy) is 1. The molecule has 0 saturated carbocycles. The van der Waals surface area contributed by atoms with E-state index in [1.54, 1.807) is 31.1 Å². The summed E-state index contributed by atoms with van der Waals surface area (Å²) in [5.41, 5.74) is 9.68. The van der Waals surface area contributed by atoms with E-state index in [0.717, 1.165) is 78.7 Å². The van der Waals surface area contributed by atoms with Crippen molar-refractivity contribution < 1.29 is 14.3 Å². The van der Waals surface area contributed by atoms with Crippen molar-refractivity contribution in [3.8, 4) is 0 Å². The summed E-state index contributed by atoms with van der Waals surface area (Å²) in [5.74, 6) is -0.327. The molecule has 0 bridgehead atoms. The maximum absolute atomic E-state index is 12.3. The van der Waals surface area contributed by atoms with Crippen LogP contribution in [0.4, 0.5) is 0 Å². The largest absolute Gasteiger partial charge is 0.465 e. The molecular weight excluding hydrogens is 579 g/mol. The van der Waals surface area contributed by atoms with Crippen molar-refractivity contribution in [1.82, 2.24) is 9.80 Å². The van der Waals surface area contributed by atoms with Crippen molar-refractivity contribution in [3.05, 3.63) is 122 Å². The molecule has 3 aromatic carbocycles. The van der Waals surface area contributed by atoms with Crippen molar-refractivity contribution in [2.24, 2.45) is 0 Å². The highest BCUT2D eigenvalue weighted by Crippen LogP contribution is 2.42. The Morgan fingerprint density at radius 1 is 0.953 bits per heavy atom. The minimum atomic E-state index is -0.334. The summed E-state index contributed by atoms with van der Waals surface area (Å²) in [7, 11) is 4.92. The molecule has 1 aliphatic heterocycles. The van der Waals surface area contributed by atoms with Gasteiger partial charge in [-0.25, -0.2) is 4.79 Å². The lowest BCUT2D eigenvalue weighted by Gasteiger charge is -2.18. The van der Waals surface area contributed by atoms with Gasteiger partial charge in [0.2, 0.25) is 5.91 Å². The zero-order valence-corrected chi connectivity index (χ0v) is 26.3. The number of hydrogen-bond donors (Lipinski definition) is 0. The van der Waals surface area contributed by atoms with E-state index < -0.39 is 0 Å². The number of nitrogens with zero attached hydrogens (tertiary/aromatic N) is 2. The summed E-state index contributed by atoms with van der Waals surface area (Å²) in [6, 6.07) is 20.2. The maximum Gasteiger partial charge on any atom is 0.337 e. The van der Waals surface area contributed by atoms with Crippen LogP contribution >= 0.6 is 23.2 Å². The number of likely N-dealkylation sites (N-methyl/N-ethyl adjacent to an activating group) is 1. The van der Waals surface area contributed by atoms with Gasteiger partial charge in [-0.2, -0.15) is 0 Å². The lowest BCUT2D eigenvalue weighted by molar-refractivity contribution is -0.123. The number of aryl methyl sites for hydroxylation is 1. The van der Waals surface area contributed by atoms with Gasteiger partial charge in [0.05, 0.1) is 12.7 Å². The van der Waals surface area contributed by atoms with E-state index in [0.29, 0.717) is 15.6 Å². The fourth-order valence-corrected chi connectivity index (χ4v) is 6.34. The zero-order valence-electron chi connectivity index (χ0n) is 24.8. The van der Waals surface area contributed by atoms with Crippen LogP contribution in [0.2, 0.25) is 10.0 Å².